The molecular formula is C25H19BrCl2N2O3S. The van der Waals surface area contributed by atoms with Crippen LogP contribution < -0.4 is 5.32 Å². The lowest BCUT2D eigenvalue weighted by atomic mass is 10.1. The molecule has 0 fully saturated rings. The van der Waals surface area contributed by atoms with E-state index in [1.165, 1.54) is 12.1 Å². The van der Waals surface area contributed by atoms with E-state index < -0.39 is 22.5 Å². The lowest BCUT2D eigenvalue weighted by molar-refractivity contribution is -0.116. The van der Waals surface area contributed by atoms with Crippen LogP contribution in [0.3, 0.4) is 0 Å². The van der Waals surface area contributed by atoms with E-state index >= 15 is 0 Å². The van der Waals surface area contributed by atoms with Gasteiger partial charge in [0.2, 0.25) is 15.9 Å². The van der Waals surface area contributed by atoms with Crippen LogP contribution in [0.2, 0.25) is 10.0 Å². The van der Waals surface area contributed by atoms with E-state index in [9.17, 15) is 13.2 Å². The summed E-state index contributed by atoms with van der Waals surface area (Å²) in [6.45, 7) is -0.502. The standard InChI is InChI=1S/C25H19BrCl2N2O3S/c26-19-9-12-21(13-10-19)34(32,33)30(15-18-8-11-20(27)14-23(18)28)16-25(31)29-24-7-3-5-17-4-1-2-6-22(17)24/h1-14H,15-16H2,(H,29,31). The van der Waals surface area contributed by atoms with E-state index in [4.69, 9.17) is 23.2 Å². The number of nitrogens with zero attached hydrogens (tertiary/aromatic N) is 1. The molecule has 0 aliphatic carbocycles. The zero-order valence-electron chi connectivity index (χ0n) is 17.7. The second kappa shape index (κ2) is 10.5. The molecule has 1 amide bonds. The predicted octanol–water partition coefficient (Wildman–Crippen LogP) is 6.74. The molecule has 0 aliphatic rings. The number of benzene rings is 4. The number of hydrogen-bond acceptors (Lipinski definition) is 3. The highest BCUT2D eigenvalue weighted by molar-refractivity contribution is 9.10. The second-order valence-corrected chi connectivity index (χ2v) is 11.2. The van der Waals surface area contributed by atoms with E-state index in [-0.39, 0.29) is 11.4 Å². The highest BCUT2D eigenvalue weighted by Crippen LogP contribution is 2.27. The molecular weight excluding hydrogens is 559 g/mol. The molecule has 174 valence electrons. The Morgan fingerprint density at radius 2 is 1.62 bits per heavy atom. The van der Waals surface area contributed by atoms with Crippen molar-refractivity contribution in [2.45, 2.75) is 11.4 Å². The van der Waals surface area contributed by atoms with Gasteiger partial charge >= 0.3 is 0 Å². The van der Waals surface area contributed by atoms with Crippen molar-refractivity contribution < 1.29 is 13.2 Å². The topological polar surface area (TPSA) is 66.5 Å². The summed E-state index contributed by atoms with van der Waals surface area (Å²) in [5.41, 5.74) is 1.14. The molecule has 4 aromatic rings. The number of hydrogen-bond donors (Lipinski definition) is 1. The molecule has 4 rings (SSSR count). The molecule has 0 aromatic heterocycles. The first kappa shape index (κ1) is 24.7. The molecule has 34 heavy (non-hydrogen) atoms. The van der Waals surface area contributed by atoms with Crippen molar-refractivity contribution in [3.05, 3.63) is 105 Å². The van der Waals surface area contributed by atoms with Gasteiger partial charge in [0, 0.05) is 32.1 Å². The van der Waals surface area contributed by atoms with E-state index in [2.05, 4.69) is 21.2 Å². The van der Waals surface area contributed by atoms with Crippen LogP contribution in [0.5, 0.6) is 0 Å². The Balaban J connectivity index is 1.65. The highest BCUT2D eigenvalue weighted by atomic mass is 79.9. The summed E-state index contributed by atoms with van der Waals surface area (Å²) in [4.78, 5) is 13.1. The maximum atomic E-state index is 13.5. The number of rotatable bonds is 7. The molecule has 5 nitrogen and oxygen atoms in total. The maximum absolute atomic E-state index is 13.5. The minimum atomic E-state index is -4.01. The Bertz CT molecular complexity index is 1460. The van der Waals surface area contributed by atoms with Crippen molar-refractivity contribution in [3.8, 4) is 0 Å². The molecule has 0 unspecified atom stereocenters. The number of carbonyl (C=O) groups is 1. The van der Waals surface area contributed by atoms with Crippen LogP contribution >= 0.6 is 39.1 Å². The van der Waals surface area contributed by atoms with Crippen LogP contribution in [0.4, 0.5) is 5.69 Å². The average Bonchev–Trinajstić information content (AvgIpc) is 2.81. The van der Waals surface area contributed by atoms with Crippen molar-refractivity contribution >= 4 is 71.5 Å². The summed E-state index contributed by atoms with van der Waals surface area (Å²) in [7, 11) is -4.01. The van der Waals surface area contributed by atoms with Gasteiger partial charge in [0.15, 0.2) is 0 Å². The number of anilines is 1. The molecule has 0 atom stereocenters. The fourth-order valence-corrected chi connectivity index (χ4v) is 5.61. The van der Waals surface area contributed by atoms with Crippen LogP contribution in [0.1, 0.15) is 5.56 Å². The second-order valence-electron chi connectivity index (χ2n) is 7.54. The highest BCUT2D eigenvalue weighted by Gasteiger charge is 2.28. The molecule has 0 radical (unpaired) electrons. The Kier molecular flexibility index (Phi) is 7.60. The average molecular weight is 578 g/mol. The fraction of sp³-hybridized carbons (Fsp3) is 0.0800. The van der Waals surface area contributed by atoms with Gasteiger partial charge in [0.25, 0.3) is 0 Å². The number of sulfonamides is 1. The molecule has 0 aliphatic heterocycles. The van der Waals surface area contributed by atoms with Crippen LogP contribution in [-0.2, 0) is 21.4 Å². The lowest BCUT2D eigenvalue weighted by Crippen LogP contribution is -2.37. The van der Waals surface area contributed by atoms with Gasteiger partial charge in [-0.1, -0.05) is 81.6 Å². The van der Waals surface area contributed by atoms with Crippen molar-refractivity contribution in [3.63, 3.8) is 0 Å². The third-order valence-corrected chi connectivity index (χ3v) is 8.12. The normalized spacial score (nSPS) is 11.6. The Morgan fingerprint density at radius 1 is 0.912 bits per heavy atom. The Labute approximate surface area is 216 Å². The van der Waals surface area contributed by atoms with Crippen LogP contribution in [-0.4, -0.2) is 25.2 Å². The smallest absolute Gasteiger partial charge is 0.243 e. The number of halogens is 3. The summed E-state index contributed by atoms with van der Waals surface area (Å²) < 4.78 is 28.8. The predicted molar refractivity (Wildman–Crippen MR) is 141 cm³/mol. The van der Waals surface area contributed by atoms with Gasteiger partial charge < -0.3 is 5.32 Å². The van der Waals surface area contributed by atoms with Crippen molar-refractivity contribution in [2.75, 3.05) is 11.9 Å². The zero-order valence-corrected chi connectivity index (χ0v) is 21.6. The SMILES string of the molecule is O=C(CN(Cc1ccc(Cl)cc1Cl)S(=O)(=O)c1ccc(Br)cc1)Nc1cccc2ccccc12. The van der Waals surface area contributed by atoms with Crippen molar-refractivity contribution in [2.24, 2.45) is 0 Å². The van der Waals surface area contributed by atoms with Gasteiger partial charge in [-0.2, -0.15) is 4.31 Å². The van der Waals surface area contributed by atoms with Crippen LogP contribution in [0, 0.1) is 0 Å². The molecule has 1 N–H and O–H groups in total. The van der Waals surface area contributed by atoms with E-state index in [0.29, 0.717) is 21.3 Å². The summed E-state index contributed by atoms with van der Waals surface area (Å²) in [5.74, 6) is -0.470. The monoisotopic (exact) mass is 576 g/mol. The van der Waals surface area contributed by atoms with E-state index in [1.54, 1.807) is 36.4 Å². The molecule has 9 heteroatoms. The Morgan fingerprint density at radius 3 is 2.35 bits per heavy atom. The number of carbonyl (C=O) groups excluding carboxylic acids is 1. The summed E-state index contributed by atoms with van der Waals surface area (Å²) in [6, 6.07) is 24.3. The quantitative estimate of drug-likeness (QED) is 0.264. The first-order chi connectivity index (χ1) is 16.2. The minimum absolute atomic E-state index is 0.0683. The van der Waals surface area contributed by atoms with Gasteiger partial charge in [0.1, 0.15) is 0 Å². The summed E-state index contributed by atoms with van der Waals surface area (Å²) in [6.07, 6.45) is 0. The molecule has 0 saturated heterocycles. The molecule has 0 saturated carbocycles. The van der Waals surface area contributed by atoms with Gasteiger partial charge in [0.05, 0.1) is 11.4 Å². The first-order valence-electron chi connectivity index (χ1n) is 10.2. The van der Waals surface area contributed by atoms with Gasteiger partial charge in [-0.15, -0.1) is 0 Å². The zero-order chi connectivity index (χ0) is 24.3. The van der Waals surface area contributed by atoms with Gasteiger partial charge in [-0.3, -0.25) is 4.79 Å². The van der Waals surface area contributed by atoms with E-state index in [0.717, 1.165) is 19.6 Å². The first-order valence-corrected chi connectivity index (χ1v) is 13.2. The van der Waals surface area contributed by atoms with Crippen LogP contribution in [0.25, 0.3) is 10.8 Å². The Hall–Kier alpha value is -2.42. The minimum Gasteiger partial charge on any atom is -0.324 e. The summed E-state index contributed by atoms with van der Waals surface area (Å²) >= 11 is 15.6. The third kappa shape index (κ3) is 5.62. The molecule has 0 spiro atoms. The van der Waals surface area contributed by atoms with Gasteiger partial charge in [-0.05, 0) is 53.4 Å². The van der Waals surface area contributed by atoms with Gasteiger partial charge in [-0.25, -0.2) is 8.42 Å². The third-order valence-electron chi connectivity index (χ3n) is 5.20. The van der Waals surface area contributed by atoms with Crippen molar-refractivity contribution in [1.82, 2.24) is 4.31 Å². The van der Waals surface area contributed by atoms with Crippen LogP contribution in [0.15, 0.2) is 94.3 Å². The number of fused-ring (bicyclic) bond motifs is 1. The molecule has 0 bridgehead atoms. The number of amides is 1. The summed E-state index contributed by atoms with van der Waals surface area (Å²) in [5, 5.41) is 5.43. The lowest BCUT2D eigenvalue weighted by Gasteiger charge is -2.23. The fourth-order valence-electron chi connectivity index (χ4n) is 3.51. The maximum Gasteiger partial charge on any atom is 0.243 e. The largest absolute Gasteiger partial charge is 0.324 e. The van der Waals surface area contributed by atoms with E-state index in [1.807, 2.05) is 36.4 Å². The molecule has 0 heterocycles. The molecule has 4 aromatic carbocycles. The van der Waals surface area contributed by atoms with Crippen molar-refractivity contribution in [1.29, 1.82) is 0 Å². The number of nitrogens with one attached hydrogen (secondary N) is 1.